The summed E-state index contributed by atoms with van der Waals surface area (Å²) in [6.07, 6.45) is 1.46. The zero-order valence-electron chi connectivity index (χ0n) is 13.1. The van der Waals surface area contributed by atoms with Crippen LogP contribution in [0.3, 0.4) is 0 Å². The van der Waals surface area contributed by atoms with Gasteiger partial charge < -0.3 is 15.3 Å². The second-order valence-electron chi connectivity index (χ2n) is 5.53. The van der Waals surface area contributed by atoms with Gasteiger partial charge in [0.25, 0.3) is 0 Å². The van der Waals surface area contributed by atoms with Gasteiger partial charge in [-0.2, -0.15) is 0 Å². The molecule has 1 heterocycles. The first-order chi connectivity index (χ1) is 11.6. The molecule has 6 heteroatoms. The van der Waals surface area contributed by atoms with Crippen LogP contribution in [0, 0.1) is 0 Å². The van der Waals surface area contributed by atoms with E-state index in [1.54, 1.807) is 29.2 Å². The van der Waals surface area contributed by atoms with Crippen molar-refractivity contribution in [3.8, 4) is 5.75 Å². The van der Waals surface area contributed by atoms with E-state index in [-0.39, 0.29) is 23.3 Å². The van der Waals surface area contributed by atoms with Gasteiger partial charge >= 0.3 is 0 Å². The number of phenols is 1. The predicted molar refractivity (Wildman–Crippen MR) is 95.5 cm³/mol. The van der Waals surface area contributed by atoms with Crippen LogP contribution in [0.15, 0.2) is 53.4 Å². The zero-order valence-corrected chi connectivity index (χ0v) is 13.9. The van der Waals surface area contributed by atoms with Crippen molar-refractivity contribution in [2.24, 2.45) is 0 Å². The summed E-state index contributed by atoms with van der Waals surface area (Å²) in [4.78, 5) is 26.6. The largest absolute Gasteiger partial charge is 0.508 e. The Morgan fingerprint density at radius 1 is 1.21 bits per heavy atom. The van der Waals surface area contributed by atoms with Crippen LogP contribution in [0.25, 0.3) is 0 Å². The lowest BCUT2D eigenvalue weighted by Gasteiger charge is -2.16. The number of nitrogens with zero attached hydrogens (tertiary/aromatic N) is 1. The molecule has 124 valence electrons. The van der Waals surface area contributed by atoms with E-state index < -0.39 is 0 Å². The highest BCUT2D eigenvalue weighted by atomic mass is 32.2. The number of aromatic hydroxyl groups is 1. The van der Waals surface area contributed by atoms with Crippen LogP contribution >= 0.6 is 11.8 Å². The van der Waals surface area contributed by atoms with Gasteiger partial charge in [-0.05, 0) is 48.9 Å². The molecule has 1 aliphatic heterocycles. The number of phenolic OH excluding ortho intramolecular Hbond substituents is 1. The first-order valence-corrected chi connectivity index (χ1v) is 8.72. The van der Waals surface area contributed by atoms with E-state index in [0.29, 0.717) is 12.1 Å². The Morgan fingerprint density at radius 2 is 2.00 bits per heavy atom. The molecule has 0 spiro atoms. The monoisotopic (exact) mass is 342 g/mol. The normalized spacial score (nSPS) is 14.0. The summed E-state index contributed by atoms with van der Waals surface area (Å²) in [5, 5.41) is 12.1. The molecule has 0 aromatic heterocycles. The summed E-state index contributed by atoms with van der Waals surface area (Å²) in [7, 11) is 0. The van der Waals surface area contributed by atoms with E-state index in [1.807, 2.05) is 24.3 Å². The molecule has 0 bridgehead atoms. The molecule has 1 aliphatic rings. The molecule has 2 aromatic rings. The van der Waals surface area contributed by atoms with E-state index in [4.69, 9.17) is 0 Å². The first kappa shape index (κ1) is 16.4. The maximum Gasteiger partial charge on any atom is 0.234 e. The fourth-order valence-electron chi connectivity index (χ4n) is 2.56. The number of carbonyl (C=O) groups is 2. The van der Waals surface area contributed by atoms with Crippen molar-refractivity contribution >= 4 is 35.0 Å². The number of thioether (sulfide) groups is 1. The van der Waals surface area contributed by atoms with Crippen molar-refractivity contribution in [1.29, 1.82) is 0 Å². The fraction of sp³-hybridized carbons (Fsp3) is 0.222. The third-order valence-electron chi connectivity index (χ3n) is 3.72. The number of nitrogens with one attached hydrogen (secondary N) is 1. The summed E-state index contributed by atoms with van der Waals surface area (Å²) in [6.45, 7) is 0.729. The van der Waals surface area contributed by atoms with Crippen molar-refractivity contribution in [1.82, 2.24) is 0 Å². The number of carbonyl (C=O) groups excluding carboxylic acids is 2. The number of amides is 2. The molecule has 0 atom stereocenters. The van der Waals surface area contributed by atoms with Crippen molar-refractivity contribution in [3.63, 3.8) is 0 Å². The van der Waals surface area contributed by atoms with E-state index in [9.17, 15) is 14.7 Å². The van der Waals surface area contributed by atoms with E-state index in [2.05, 4.69) is 5.32 Å². The number of hydrogen-bond acceptors (Lipinski definition) is 4. The molecular weight excluding hydrogens is 324 g/mol. The maximum absolute atomic E-state index is 12.1. The Bertz CT molecular complexity index is 746. The number of benzene rings is 2. The van der Waals surface area contributed by atoms with E-state index in [0.717, 1.165) is 23.5 Å². The lowest BCUT2D eigenvalue weighted by molar-refractivity contribution is -0.117. The average molecular weight is 342 g/mol. The smallest absolute Gasteiger partial charge is 0.234 e. The van der Waals surface area contributed by atoms with Gasteiger partial charge in [-0.3, -0.25) is 9.59 Å². The topological polar surface area (TPSA) is 69.6 Å². The number of anilines is 2. The summed E-state index contributed by atoms with van der Waals surface area (Å²) in [5.74, 6) is 0.494. The van der Waals surface area contributed by atoms with Crippen LogP contribution in [0.5, 0.6) is 5.75 Å². The molecule has 1 fully saturated rings. The minimum absolute atomic E-state index is 0.113. The minimum atomic E-state index is -0.113. The molecule has 24 heavy (non-hydrogen) atoms. The molecule has 0 unspecified atom stereocenters. The van der Waals surface area contributed by atoms with Gasteiger partial charge in [0.2, 0.25) is 11.8 Å². The zero-order chi connectivity index (χ0) is 16.9. The molecule has 2 amide bonds. The van der Waals surface area contributed by atoms with Crippen molar-refractivity contribution in [2.45, 2.75) is 17.7 Å². The lowest BCUT2D eigenvalue weighted by atomic mass is 10.2. The highest BCUT2D eigenvalue weighted by Gasteiger charge is 2.21. The molecule has 0 saturated carbocycles. The Morgan fingerprint density at radius 3 is 2.71 bits per heavy atom. The second-order valence-corrected chi connectivity index (χ2v) is 6.58. The summed E-state index contributed by atoms with van der Waals surface area (Å²) in [6, 6.07) is 14.1. The lowest BCUT2D eigenvalue weighted by Crippen LogP contribution is -2.23. The molecule has 2 aromatic carbocycles. The number of rotatable bonds is 5. The van der Waals surface area contributed by atoms with Crippen LogP contribution in [0.2, 0.25) is 0 Å². The highest BCUT2D eigenvalue weighted by Crippen LogP contribution is 2.25. The quantitative estimate of drug-likeness (QED) is 0.819. The van der Waals surface area contributed by atoms with Crippen molar-refractivity contribution in [2.75, 3.05) is 22.5 Å². The Labute approximate surface area is 144 Å². The molecule has 1 saturated heterocycles. The molecule has 0 radical (unpaired) electrons. The van der Waals surface area contributed by atoms with E-state index in [1.165, 1.54) is 11.8 Å². The third-order valence-corrected chi connectivity index (χ3v) is 4.73. The van der Waals surface area contributed by atoms with Crippen LogP contribution < -0.4 is 10.2 Å². The van der Waals surface area contributed by atoms with Crippen molar-refractivity contribution in [3.05, 3.63) is 48.5 Å². The van der Waals surface area contributed by atoms with Gasteiger partial charge in [-0.15, -0.1) is 11.8 Å². The Balaban J connectivity index is 1.58. The molecule has 5 nitrogen and oxygen atoms in total. The highest BCUT2D eigenvalue weighted by molar-refractivity contribution is 8.00. The fourth-order valence-corrected chi connectivity index (χ4v) is 3.26. The van der Waals surface area contributed by atoms with Crippen molar-refractivity contribution < 1.29 is 14.7 Å². The molecule has 3 rings (SSSR count). The number of hydrogen-bond donors (Lipinski definition) is 2. The summed E-state index contributed by atoms with van der Waals surface area (Å²) >= 11 is 1.40. The van der Waals surface area contributed by atoms with Crippen LogP contribution in [0.1, 0.15) is 12.8 Å². The first-order valence-electron chi connectivity index (χ1n) is 7.74. The van der Waals surface area contributed by atoms with Gasteiger partial charge in [-0.25, -0.2) is 0 Å². The van der Waals surface area contributed by atoms with Gasteiger partial charge in [-0.1, -0.05) is 6.07 Å². The Hall–Kier alpha value is -2.47. The molecule has 0 aliphatic carbocycles. The second kappa shape index (κ2) is 7.40. The summed E-state index contributed by atoms with van der Waals surface area (Å²) < 4.78 is 0. The standard InChI is InChI=1S/C18H18N2O3S/c21-15-6-8-16(9-7-15)24-12-17(22)19-13-3-1-4-14(11-13)20-10-2-5-18(20)23/h1,3-4,6-9,11,21H,2,5,10,12H2,(H,19,22). The Kier molecular flexibility index (Phi) is 5.05. The van der Waals surface area contributed by atoms with Gasteiger partial charge in [0.15, 0.2) is 0 Å². The van der Waals surface area contributed by atoms with E-state index >= 15 is 0 Å². The van der Waals surface area contributed by atoms with Gasteiger partial charge in [0, 0.05) is 29.2 Å². The predicted octanol–water partition coefficient (Wildman–Crippen LogP) is 3.25. The molecular formula is C18H18N2O3S. The van der Waals surface area contributed by atoms with Gasteiger partial charge in [0.1, 0.15) is 5.75 Å². The maximum atomic E-state index is 12.1. The third kappa shape index (κ3) is 4.08. The minimum Gasteiger partial charge on any atom is -0.508 e. The van der Waals surface area contributed by atoms with Crippen LogP contribution in [0.4, 0.5) is 11.4 Å². The van der Waals surface area contributed by atoms with Crippen LogP contribution in [-0.2, 0) is 9.59 Å². The average Bonchev–Trinajstić information content (AvgIpc) is 3.01. The molecule has 2 N–H and O–H groups in total. The summed E-state index contributed by atoms with van der Waals surface area (Å²) in [5.41, 5.74) is 1.50. The van der Waals surface area contributed by atoms with Gasteiger partial charge in [0.05, 0.1) is 5.75 Å². The van der Waals surface area contributed by atoms with Crippen LogP contribution in [-0.4, -0.2) is 29.2 Å². The SMILES string of the molecule is O=C(CSc1ccc(O)cc1)Nc1cccc(N2CCCC2=O)c1.